The van der Waals surface area contributed by atoms with E-state index in [0.29, 0.717) is 17.5 Å². The Morgan fingerprint density at radius 2 is 0.914 bits per heavy atom. The Balaban J connectivity index is 1.06. The van der Waals surface area contributed by atoms with E-state index in [1.165, 1.54) is 52.8 Å². The lowest BCUT2D eigenvalue weighted by Crippen LogP contribution is -2.00. The van der Waals surface area contributed by atoms with Crippen molar-refractivity contribution in [2.45, 2.75) is 0 Å². The Morgan fingerprint density at radius 3 is 1.74 bits per heavy atom. The third kappa shape index (κ3) is 5.25. The topological polar surface area (TPSA) is 51.8 Å². The first-order valence-corrected chi connectivity index (χ1v) is 20.2. The van der Waals surface area contributed by atoms with Gasteiger partial charge in [0.25, 0.3) is 0 Å². The Bertz CT molecular complexity index is 3600. The normalized spacial score (nSPS) is 11.8. The molecule has 3 aromatic heterocycles. The summed E-state index contributed by atoms with van der Waals surface area (Å²) in [5.41, 5.74) is 8.80. The number of aromatic nitrogens is 3. The molecule has 0 atom stereocenters. The first-order valence-electron chi connectivity index (χ1n) is 19.4. The number of fused-ring (bicyclic) bond motifs is 9. The number of furan rings is 1. The third-order valence-corrected chi connectivity index (χ3v) is 12.5. The van der Waals surface area contributed by atoms with Crippen LogP contribution in [-0.4, -0.2) is 15.0 Å². The summed E-state index contributed by atoms with van der Waals surface area (Å²) >= 11 is 1.84. The highest BCUT2D eigenvalue weighted by molar-refractivity contribution is 7.26. The average molecular weight is 758 g/mol. The second kappa shape index (κ2) is 13.1. The lowest BCUT2D eigenvalue weighted by Gasteiger charge is -2.13. The van der Waals surface area contributed by atoms with E-state index in [9.17, 15) is 0 Å². The molecule has 58 heavy (non-hydrogen) atoms. The molecule has 9 aromatic carbocycles. The van der Waals surface area contributed by atoms with Gasteiger partial charge in [-0.05, 0) is 74.1 Å². The number of hydrogen-bond acceptors (Lipinski definition) is 5. The summed E-state index contributed by atoms with van der Waals surface area (Å²) in [6, 6.07) is 66.3. The van der Waals surface area contributed by atoms with Crippen LogP contribution in [-0.2, 0) is 0 Å². The SMILES string of the molecule is c1cc(-c2nc(-c3cccc(-c4cccc5ccc6ccccc6c45)c3)nc(-c3cccc4c3oc3ccccc34)n2)cc(-c2cccc3c2sc2ccccc23)c1. The van der Waals surface area contributed by atoms with Crippen LogP contribution in [0.25, 0.3) is 120 Å². The van der Waals surface area contributed by atoms with Crippen LogP contribution in [0.15, 0.2) is 192 Å². The molecule has 4 nitrogen and oxygen atoms in total. The van der Waals surface area contributed by atoms with Crippen molar-refractivity contribution in [1.82, 2.24) is 15.0 Å². The molecule has 0 unspecified atom stereocenters. The minimum Gasteiger partial charge on any atom is -0.455 e. The molecule has 0 aliphatic rings. The van der Waals surface area contributed by atoms with Gasteiger partial charge in [-0.2, -0.15) is 0 Å². The van der Waals surface area contributed by atoms with Crippen LogP contribution < -0.4 is 0 Å². The maximum Gasteiger partial charge on any atom is 0.167 e. The van der Waals surface area contributed by atoms with Gasteiger partial charge >= 0.3 is 0 Å². The maximum atomic E-state index is 6.53. The molecule has 0 spiro atoms. The predicted molar refractivity (Wildman–Crippen MR) is 242 cm³/mol. The van der Waals surface area contributed by atoms with E-state index in [-0.39, 0.29) is 0 Å². The minimum absolute atomic E-state index is 0.559. The molecule has 3 heterocycles. The molecule has 0 amide bonds. The number of hydrogen-bond donors (Lipinski definition) is 0. The van der Waals surface area contributed by atoms with Crippen LogP contribution in [0.3, 0.4) is 0 Å². The highest BCUT2D eigenvalue weighted by atomic mass is 32.1. The summed E-state index contributed by atoms with van der Waals surface area (Å²) in [5.74, 6) is 1.75. The monoisotopic (exact) mass is 757 g/mol. The lowest BCUT2D eigenvalue weighted by molar-refractivity contribution is 0.669. The number of rotatable bonds is 5. The van der Waals surface area contributed by atoms with Gasteiger partial charge in [0, 0.05) is 42.1 Å². The van der Waals surface area contributed by atoms with Gasteiger partial charge in [0.2, 0.25) is 0 Å². The van der Waals surface area contributed by atoms with E-state index in [1.807, 2.05) is 35.6 Å². The van der Waals surface area contributed by atoms with Crippen molar-refractivity contribution in [2.24, 2.45) is 0 Å². The van der Waals surface area contributed by atoms with E-state index in [4.69, 9.17) is 19.4 Å². The maximum absolute atomic E-state index is 6.53. The molecule has 0 bridgehead atoms. The van der Waals surface area contributed by atoms with Crippen LogP contribution in [0.4, 0.5) is 0 Å². The fourth-order valence-electron chi connectivity index (χ4n) is 8.60. The number of thiophene rings is 1. The summed E-state index contributed by atoms with van der Waals surface area (Å²) in [5, 5.41) is 9.53. The summed E-state index contributed by atoms with van der Waals surface area (Å²) in [6.45, 7) is 0. The Kier molecular flexibility index (Phi) is 7.37. The molecule has 270 valence electrons. The van der Waals surface area contributed by atoms with E-state index in [2.05, 4.69) is 164 Å². The van der Waals surface area contributed by atoms with Crippen LogP contribution >= 0.6 is 11.3 Å². The number of benzene rings is 9. The zero-order valence-corrected chi connectivity index (χ0v) is 31.9. The number of nitrogens with zero attached hydrogens (tertiary/aromatic N) is 3. The van der Waals surface area contributed by atoms with Gasteiger partial charge in [-0.1, -0.05) is 158 Å². The van der Waals surface area contributed by atoms with Crippen LogP contribution in [0.1, 0.15) is 0 Å². The summed E-state index contributed by atoms with van der Waals surface area (Å²) in [6.07, 6.45) is 0. The molecular formula is C53H31N3OS. The molecule has 0 saturated heterocycles. The minimum atomic E-state index is 0.559. The third-order valence-electron chi connectivity index (χ3n) is 11.3. The summed E-state index contributed by atoms with van der Waals surface area (Å²) in [4.78, 5) is 15.7. The largest absolute Gasteiger partial charge is 0.455 e. The van der Waals surface area contributed by atoms with Crippen LogP contribution in [0.5, 0.6) is 0 Å². The van der Waals surface area contributed by atoms with Gasteiger partial charge in [0.1, 0.15) is 11.2 Å². The van der Waals surface area contributed by atoms with E-state index < -0.39 is 0 Å². The quantitative estimate of drug-likeness (QED) is 0.164. The van der Waals surface area contributed by atoms with Crippen LogP contribution in [0.2, 0.25) is 0 Å². The van der Waals surface area contributed by atoms with Crippen molar-refractivity contribution in [3.8, 4) is 56.4 Å². The highest BCUT2D eigenvalue weighted by Crippen LogP contribution is 2.42. The van der Waals surface area contributed by atoms with Gasteiger partial charge in [-0.3, -0.25) is 0 Å². The smallest absolute Gasteiger partial charge is 0.167 e. The van der Waals surface area contributed by atoms with Crippen LogP contribution in [0, 0.1) is 0 Å². The Hall–Kier alpha value is -7.47. The molecule has 0 fully saturated rings. The molecule has 12 rings (SSSR count). The van der Waals surface area contributed by atoms with Crippen molar-refractivity contribution in [3.63, 3.8) is 0 Å². The molecule has 0 aliphatic carbocycles. The fourth-order valence-corrected chi connectivity index (χ4v) is 9.84. The van der Waals surface area contributed by atoms with Crippen molar-refractivity contribution >= 4 is 75.0 Å². The van der Waals surface area contributed by atoms with Gasteiger partial charge < -0.3 is 4.42 Å². The second-order valence-corrected chi connectivity index (χ2v) is 15.8. The first kappa shape index (κ1) is 32.7. The van der Waals surface area contributed by atoms with Crippen molar-refractivity contribution in [2.75, 3.05) is 0 Å². The first-order chi connectivity index (χ1) is 28.7. The van der Waals surface area contributed by atoms with Gasteiger partial charge in [0.05, 0.1) is 5.56 Å². The highest BCUT2D eigenvalue weighted by Gasteiger charge is 2.19. The molecule has 12 aromatic rings. The molecule has 0 radical (unpaired) electrons. The summed E-state index contributed by atoms with van der Waals surface area (Å²) in [7, 11) is 0. The predicted octanol–water partition coefficient (Wildman–Crippen LogP) is 14.8. The van der Waals surface area contributed by atoms with Gasteiger partial charge in [-0.15, -0.1) is 11.3 Å². The molecule has 5 heteroatoms. The fraction of sp³-hybridized carbons (Fsp3) is 0. The van der Waals surface area contributed by atoms with Gasteiger partial charge in [0.15, 0.2) is 17.5 Å². The zero-order valence-electron chi connectivity index (χ0n) is 31.1. The van der Waals surface area contributed by atoms with Crippen molar-refractivity contribution < 1.29 is 4.42 Å². The average Bonchev–Trinajstić information content (AvgIpc) is 3.87. The van der Waals surface area contributed by atoms with E-state index in [1.54, 1.807) is 0 Å². The molecule has 0 N–H and O–H groups in total. The van der Waals surface area contributed by atoms with E-state index >= 15 is 0 Å². The number of para-hydroxylation sites is 2. The molecular weight excluding hydrogens is 727 g/mol. The molecule has 0 saturated carbocycles. The lowest BCUT2D eigenvalue weighted by atomic mass is 9.93. The van der Waals surface area contributed by atoms with Crippen molar-refractivity contribution in [1.29, 1.82) is 0 Å². The van der Waals surface area contributed by atoms with Gasteiger partial charge in [-0.25, -0.2) is 15.0 Å². The Morgan fingerprint density at radius 1 is 0.362 bits per heavy atom. The standard InChI is InChI=1S/C53H31N3OS/c1-2-18-38-32(12-1)28-29-33-13-9-21-39(48(33)38)34-14-7-16-36(30-34)51-54-52(56-53(55-51)45-25-11-23-43-41-19-3-5-26-46(41)57-49(43)45)37-17-8-15-35(31-37)40-22-10-24-44-42-20-4-6-27-47(42)58-50(40)44/h1-31H. The van der Waals surface area contributed by atoms with Crippen molar-refractivity contribution in [3.05, 3.63) is 188 Å². The van der Waals surface area contributed by atoms with E-state index in [0.717, 1.165) is 49.8 Å². The second-order valence-electron chi connectivity index (χ2n) is 14.7. The molecule has 0 aliphatic heterocycles. The zero-order chi connectivity index (χ0) is 38.2. The summed E-state index contributed by atoms with van der Waals surface area (Å²) < 4.78 is 9.08. The Labute approximate surface area is 337 Å².